The van der Waals surface area contributed by atoms with Gasteiger partial charge in [-0.15, -0.1) is 0 Å². The first-order valence-corrected chi connectivity index (χ1v) is 13.3. The van der Waals surface area contributed by atoms with Crippen LogP contribution in [0.1, 0.15) is 39.2 Å². The Kier molecular flexibility index (Phi) is 6.76. The molecule has 3 aromatic carbocycles. The molecule has 1 aliphatic heterocycles. The Balaban J connectivity index is 1.72. The van der Waals surface area contributed by atoms with Gasteiger partial charge < -0.3 is 9.16 Å². The average Bonchev–Trinajstić information content (AvgIpc) is 3.61. The molecule has 0 aliphatic carbocycles. The van der Waals surface area contributed by atoms with Crippen LogP contribution in [0.5, 0.6) is 0 Å². The summed E-state index contributed by atoms with van der Waals surface area (Å²) in [4.78, 5) is 0. The normalized spacial score (nSPS) is 17.3. The molecule has 0 amide bonds. The third-order valence-electron chi connectivity index (χ3n) is 6.29. The van der Waals surface area contributed by atoms with E-state index in [-0.39, 0.29) is 11.1 Å². The Morgan fingerprint density at radius 2 is 1.32 bits per heavy atom. The third-order valence-corrected chi connectivity index (χ3v) is 11.4. The van der Waals surface area contributed by atoms with E-state index in [9.17, 15) is 0 Å². The summed E-state index contributed by atoms with van der Waals surface area (Å²) in [5.41, 5.74) is 1.37. The SMILES string of the molecule is CC(C)(C)[Si](O[C@@H](CCc1ccccc1)C[C@@H]1CO1)(c1ccccc1)c1ccccc1. The van der Waals surface area contributed by atoms with Gasteiger partial charge in [-0.05, 0) is 33.8 Å². The highest BCUT2D eigenvalue weighted by Gasteiger charge is 2.51. The number of benzene rings is 3. The van der Waals surface area contributed by atoms with Crippen LogP contribution >= 0.6 is 0 Å². The van der Waals surface area contributed by atoms with Crippen molar-refractivity contribution in [3.8, 4) is 0 Å². The topological polar surface area (TPSA) is 21.8 Å². The lowest BCUT2D eigenvalue weighted by Gasteiger charge is -2.45. The second-order valence-electron chi connectivity index (χ2n) is 9.62. The molecular formula is C28H34O2Si. The Morgan fingerprint density at radius 1 is 0.839 bits per heavy atom. The summed E-state index contributed by atoms with van der Waals surface area (Å²) in [7, 11) is -2.55. The lowest BCUT2D eigenvalue weighted by molar-refractivity contribution is 0.155. The van der Waals surface area contributed by atoms with Crippen LogP contribution in [-0.4, -0.2) is 27.1 Å². The highest BCUT2D eigenvalue weighted by atomic mass is 28.4. The van der Waals surface area contributed by atoms with Crippen LogP contribution in [0.25, 0.3) is 0 Å². The van der Waals surface area contributed by atoms with Crippen LogP contribution in [0.15, 0.2) is 91.0 Å². The number of epoxide rings is 1. The van der Waals surface area contributed by atoms with Gasteiger partial charge in [-0.3, -0.25) is 0 Å². The van der Waals surface area contributed by atoms with Gasteiger partial charge in [-0.25, -0.2) is 0 Å². The van der Waals surface area contributed by atoms with Crippen LogP contribution in [0.2, 0.25) is 5.04 Å². The fraction of sp³-hybridized carbons (Fsp3) is 0.357. The predicted molar refractivity (Wildman–Crippen MR) is 132 cm³/mol. The molecule has 1 fully saturated rings. The first kappa shape index (κ1) is 22.0. The molecule has 0 bridgehead atoms. The Morgan fingerprint density at radius 3 is 1.77 bits per heavy atom. The first-order chi connectivity index (χ1) is 15.0. The summed E-state index contributed by atoms with van der Waals surface area (Å²) in [5, 5.41) is 2.68. The number of hydrogen-bond donors (Lipinski definition) is 0. The van der Waals surface area contributed by atoms with Crippen molar-refractivity contribution < 1.29 is 9.16 Å². The molecule has 1 heterocycles. The number of hydrogen-bond acceptors (Lipinski definition) is 2. The van der Waals surface area contributed by atoms with Crippen LogP contribution in [0.3, 0.4) is 0 Å². The van der Waals surface area contributed by atoms with Gasteiger partial charge in [0.1, 0.15) is 0 Å². The van der Waals surface area contributed by atoms with Gasteiger partial charge in [-0.2, -0.15) is 0 Å². The summed E-state index contributed by atoms with van der Waals surface area (Å²) < 4.78 is 13.0. The summed E-state index contributed by atoms with van der Waals surface area (Å²) in [6.07, 6.45) is 3.51. The summed E-state index contributed by atoms with van der Waals surface area (Å²) in [5.74, 6) is 0. The van der Waals surface area contributed by atoms with E-state index in [1.54, 1.807) is 0 Å². The molecule has 4 rings (SSSR count). The summed E-state index contributed by atoms with van der Waals surface area (Å²) in [6, 6.07) is 32.6. The number of rotatable bonds is 9. The molecule has 2 nitrogen and oxygen atoms in total. The van der Waals surface area contributed by atoms with Crippen LogP contribution in [0, 0.1) is 0 Å². The van der Waals surface area contributed by atoms with Crippen molar-refractivity contribution in [3.63, 3.8) is 0 Å². The van der Waals surface area contributed by atoms with Gasteiger partial charge >= 0.3 is 0 Å². The largest absolute Gasteiger partial charge is 0.404 e. The fourth-order valence-electron chi connectivity index (χ4n) is 4.64. The minimum atomic E-state index is -2.55. The molecule has 3 aromatic rings. The maximum atomic E-state index is 7.41. The monoisotopic (exact) mass is 430 g/mol. The van der Waals surface area contributed by atoms with Crippen molar-refractivity contribution in [2.45, 2.75) is 57.3 Å². The average molecular weight is 431 g/mol. The zero-order valence-electron chi connectivity index (χ0n) is 19.0. The molecule has 0 N–H and O–H groups in total. The van der Waals surface area contributed by atoms with Gasteiger partial charge in [0.15, 0.2) is 0 Å². The molecule has 3 heteroatoms. The van der Waals surface area contributed by atoms with Crippen molar-refractivity contribution in [3.05, 3.63) is 96.6 Å². The maximum Gasteiger partial charge on any atom is 0.261 e. The molecule has 0 unspecified atom stereocenters. The first-order valence-electron chi connectivity index (χ1n) is 11.4. The van der Waals surface area contributed by atoms with Gasteiger partial charge in [0, 0.05) is 12.5 Å². The van der Waals surface area contributed by atoms with E-state index in [0.29, 0.717) is 6.10 Å². The van der Waals surface area contributed by atoms with E-state index in [0.717, 1.165) is 25.9 Å². The van der Waals surface area contributed by atoms with E-state index in [1.165, 1.54) is 15.9 Å². The van der Waals surface area contributed by atoms with Gasteiger partial charge in [0.2, 0.25) is 0 Å². The second kappa shape index (κ2) is 9.52. The smallest absolute Gasteiger partial charge is 0.261 e. The van der Waals surface area contributed by atoms with Gasteiger partial charge in [-0.1, -0.05) is 112 Å². The molecule has 2 atom stereocenters. The highest BCUT2D eigenvalue weighted by molar-refractivity contribution is 6.99. The minimum absolute atomic E-state index is 0.00882. The molecule has 0 radical (unpaired) electrons. The fourth-order valence-corrected chi connectivity index (χ4v) is 9.36. The summed E-state index contributed by atoms with van der Waals surface area (Å²) >= 11 is 0. The van der Waals surface area contributed by atoms with Gasteiger partial charge in [0.05, 0.1) is 12.7 Å². The molecule has 162 valence electrons. The van der Waals surface area contributed by atoms with E-state index in [1.807, 2.05) is 0 Å². The molecule has 0 aromatic heterocycles. The van der Waals surface area contributed by atoms with Crippen molar-refractivity contribution >= 4 is 18.7 Å². The van der Waals surface area contributed by atoms with Crippen LogP contribution in [0.4, 0.5) is 0 Å². The van der Waals surface area contributed by atoms with E-state index in [2.05, 4.69) is 112 Å². The molecule has 31 heavy (non-hydrogen) atoms. The van der Waals surface area contributed by atoms with Crippen LogP contribution in [-0.2, 0) is 15.6 Å². The van der Waals surface area contributed by atoms with Crippen molar-refractivity contribution in [2.75, 3.05) is 6.61 Å². The molecule has 0 spiro atoms. The lowest BCUT2D eigenvalue weighted by atomic mass is 10.0. The van der Waals surface area contributed by atoms with E-state index < -0.39 is 8.32 Å². The standard InChI is InChI=1S/C28H34O2Si/c1-28(2,3)31(26-15-9-5-10-16-26,27-17-11-6-12-18-27)30-24(21-25-22-29-25)20-19-23-13-7-4-8-14-23/h4-18,24-25H,19-22H2,1-3H3/t24-,25+/m0/s1. The number of ether oxygens (including phenoxy) is 1. The Bertz CT molecular complexity index is 892. The predicted octanol–water partition coefficient (Wildman–Crippen LogP) is 5.35. The maximum absolute atomic E-state index is 7.41. The van der Waals surface area contributed by atoms with Crippen molar-refractivity contribution in [1.29, 1.82) is 0 Å². The quantitative estimate of drug-likeness (QED) is 0.337. The third kappa shape index (κ3) is 5.17. The molecule has 0 saturated carbocycles. The van der Waals surface area contributed by atoms with E-state index >= 15 is 0 Å². The van der Waals surface area contributed by atoms with E-state index in [4.69, 9.17) is 9.16 Å². The molecule has 1 saturated heterocycles. The van der Waals surface area contributed by atoms with Crippen LogP contribution < -0.4 is 10.4 Å². The zero-order chi connectivity index (χ0) is 21.7. The number of aryl methyl sites for hydroxylation is 1. The molecular weight excluding hydrogens is 396 g/mol. The highest BCUT2D eigenvalue weighted by Crippen LogP contribution is 2.39. The minimum Gasteiger partial charge on any atom is -0.404 e. The van der Waals surface area contributed by atoms with Crippen molar-refractivity contribution in [2.24, 2.45) is 0 Å². The second-order valence-corrected chi connectivity index (χ2v) is 13.9. The van der Waals surface area contributed by atoms with Crippen molar-refractivity contribution in [1.82, 2.24) is 0 Å². The lowest BCUT2D eigenvalue weighted by Crippen LogP contribution is -2.67. The Hall–Kier alpha value is -2.20. The van der Waals surface area contributed by atoms with Gasteiger partial charge in [0.25, 0.3) is 8.32 Å². The zero-order valence-corrected chi connectivity index (χ0v) is 20.0. The summed E-state index contributed by atoms with van der Waals surface area (Å²) in [6.45, 7) is 7.91. The molecule has 1 aliphatic rings. The Labute approximate surface area is 188 Å².